The van der Waals surface area contributed by atoms with Crippen LogP contribution in [0.3, 0.4) is 0 Å². The summed E-state index contributed by atoms with van der Waals surface area (Å²) in [6.07, 6.45) is 0.865. The van der Waals surface area contributed by atoms with Crippen molar-refractivity contribution in [3.05, 3.63) is 51.6 Å². The molecule has 0 spiro atoms. The Hall–Kier alpha value is -1.39. The van der Waals surface area contributed by atoms with Gasteiger partial charge in [-0.2, -0.15) is 0 Å². The minimum Gasteiger partial charge on any atom is -0.439 e. The highest BCUT2D eigenvalue weighted by Crippen LogP contribution is 2.27. The van der Waals surface area contributed by atoms with Crippen LogP contribution in [-0.2, 0) is 13.0 Å². The highest BCUT2D eigenvalue weighted by Gasteiger charge is 2.06. The number of halogens is 1. The number of rotatable bonds is 4. The third kappa shape index (κ3) is 3.55. The lowest BCUT2D eigenvalue weighted by molar-refractivity contribution is 0.456. The molecule has 0 fully saturated rings. The fraction of sp³-hybridized carbons (Fsp3) is 0.267. The molecule has 1 heterocycles. The van der Waals surface area contributed by atoms with Gasteiger partial charge >= 0.3 is 0 Å². The van der Waals surface area contributed by atoms with Crippen molar-refractivity contribution in [3.63, 3.8) is 0 Å². The maximum absolute atomic E-state index is 5.86. The molecule has 19 heavy (non-hydrogen) atoms. The van der Waals surface area contributed by atoms with Crippen LogP contribution in [0.1, 0.15) is 23.7 Å². The fourth-order valence-electron chi connectivity index (χ4n) is 1.81. The quantitative estimate of drug-likeness (QED) is 0.927. The zero-order chi connectivity index (χ0) is 13.8. The van der Waals surface area contributed by atoms with Crippen molar-refractivity contribution in [1.82, 2.24) is 4.98 Å². The number of benzene rings is 1. The van der Waals surface area contributed by atoms with E-state index >= 15 is 0 Å². The van der Waals surface area contributed by atoms with E-state index in [1.165, 1.54) is 0 Å². The molecule has 4 heteroatoms. The van der Waals surface area contributed by atoms with Crippen molar-refractivity contribution in [1.29, 1.82) is 0 Å². The van der Waals surface area contributed by atoms with Crippen molar-refractivity contribution < 1.29 is 4.74 Å². The molecule has 0 aliphatic rings. The summed E-state index contributed by atoms with van der Waals surface area (Å²) in [5.74, 6) is 1.41. The summed E-state index contributed by atoms with van der Waals surface area (Å²) in [5, 5.41) is 0. The Kier molecular flexibility index (Phi) is 4.56. The number of aryl methyl sites for hydroxylation is 2. The van der Waals surface area contributed by atoms with Crippen molar-refractivity contribution in [3.8, 4) is 11.6 Å². The molecule has 0 unspecified atom stereocenters. The van der Waals surface area contributed by atoms with Gasteiger partial charge in [0.05, 0.1) is 0 Å². The minimum atomic E-state index is 0.491. The molecule has 3 nitrogen and oxygen atoms in total. The topological polar surface area (TPSA) is 48.1 Å². The Morgan fingerprint density at radius 2 is 2.05 bits per heavy atom. The molecule has 0 radical (unpaired) electrons. The largest absolute Gasteiger partial charge is 0.439 e. The number of nitrogens with two attached hydrogens (primary N) is 1. The third-order valence-corrected chi connectivity index (χ3v) is 3.36. The highest BCUT2D eigenvalue weighted by molar-refractivity contribution is 9.10. The first-order valence-corrected chi connectivity index (χ1v) is 7.05. The SMILES string of the molecule is CCc1cc(CN)cc(Oc2ccc(Br)cc2C)n1. The number of hydrogen-bond acceptors (Lipinski definition) is 3. The summed E-state index contributed by atoms with van der Waals surface area (Å²) in [7, 11) is 0. The Morgan fingerprint density at radius 1 is 1.26 bits per heavy atom. The Labute approximate surface area is 121 Å². The Balaban J connectivity index is 2.31. The average molecular weight is 321 g/mol. The Morgan fingerprint density at radius 3 is 2.68 bits per heavy atom. The van der Waals surface area contributed by atoms with E-state index in [1.54, 1.807) is 0 Å². The number of pyridine rings is 1. The van der Waals surface area contributed by atoms with E-state index in [9.17, 15) is 0 Å². The van der Waals surface area contributed by atoms with Crippen LogP contribution in [0.25, 0.3) is 0 Å². The van der Waals surface area contributed by atoms with Gasteiger partial charge in [0.1, 0.15) is 5.75 Å². The second-order valence-electron chi connectivity index (χ2n) is 4.37. The average Bonchev–Trinajstić information content (AvgIpc) is 2.41. The van der Waals surface area contributed by atoms with Gasteiger partial charge in [-0.25, -0.2) is 4.98 Å². The first-order chi connectivity index (χ1) is 9.12. The molecule has 0 saturated heterocycles. The molecule has 0 aliphatic carbocycles. The van der Waals surface area contributed by atoms with Crippen molar-refractivity contribution in [2.24, 2.45) is 5.73 Å². The van der Waals surface area contributed by atoms with E-state index in [1.807, 2.05) is 37.3 Å². The standard InChI is InChI=1S/C15H17BrN2O/c1-3-13-7-11(9-17)8-15(18-13)19-14-5-4-12(16)6-10(14)2/h4-8H,3,9,17H2,1-2H3. The predicted octanol–water partition coefficient (Wildman–Crippen LogP) is 3.97. The van der Waals surface area contributed by atoms with E-state index in [2.05, 4.69) is 27.8 Å². The summed E-state index contributed by atoms with van der Waals surface area (Å²) < 4.78 is 6.90. The molecule has 2 aromatic rings. The molecule has 0 aliphatic heterocycles. The van der Waals surface area contributed by atoms with E-state index in [0.29, 0.717) is 12.4 Å². The lowest BCUT2D eigenvalue weighted by Gasteiger charge is -2.10. The van der Waals surface area contributed by atoms with E-state index < -0.39 is 0 Å². The molecule has 2 rings (SSSR count). The molecule has 100 valence electrons. The first-order valence-electron chi connectivity index (χ1n) is 6.26. The number of nitrogens with zero attached hydrogens (tertiary/aromatic N) is 1. The summed E-state index contributed by atoms with van der Waals surface area (Å²) in [6.45, 7) is 4.57. The van der Waals surface area contributed by atoms with Gasteiger partial charge in [-0.3, -0.25) is 0 Å². The molecule has 0 atom stereocenters. The summed E-state index contributed by atoms with van der Waals surface area (Å²) in [6, 6.07) is 9.81. The lowest BCUT2D eigenvalue weighted by Crippen LogP contribution is -2.01. The third-order valence-electron chi connectivity index (χ3n) is 2.86. The van der Waals surface area contributed by atoms with Crippen LogP contribution in [0.2, 0.25) is 0 Å². The van der Waals surface area contributed by atoms with Crippen molar-refractivity contribution in [2.45, 2.75) is 26.8 Å². The van der Waals surface area contributed by atoms with Crippen LogP contribution in [0, 0.1) is 6.92 Å². The summed E-state index contributed by atoms with van der Waals surface area (Å²) >= 11 is 3.44. The maximum atomic E-state index is 5.86. The van der Waals surface area contributed by atoms with Crippen LogP contribution < -0.4 is 10.5 Å². The molecular weight excluding hydrogens is 304 g/mol. The van der Waals surface area contributed by atoms with Gasteiger partial charge in [0, 0.05) is 22.8 Å². The van der Waals surface area contributed by atoms with Gasteiger partial charge in [-0.15, -0.1) is 0 Å². The highest BCUT2D eigenvalue weighted by atomic mass is 79.9. The number of hydrogen-bond donors (Lipinski definition) is 1. The summed E-state index contributed by atoms with van der Waals surface area (Å²) in [4.78, 5) is 4.47. The second kappa shape index (κ2) is 6.17. The van der Waals surface area contributed by atoms with Gasteiger partial charge in [0.15, 0.2) is 0 Å². The lowest BCUT2D eigenvalue weighted by atomic mass is 10.2. The maximum Gasteiger partial charge on any atom is 0.219 e. The molecule has 2 N–H and O–H groups in total. The molecule has 0 saturated carbocycles. The summed E-state index contributed by atoms with van der Waals surface area (Å²) in [5.41, 5.74) is 8.79. The monoisotopic (exact) mass is 320 g/mol. The van der Waals surface area contributed by atoms with Crippen LogP contribution in [-0.4, -0.2) is 4.98 Å². The van der Waals surface area contributed by atoms with Crippen LogP contribution in [0.15, 0.2) is 34.8 Å². The zero-order valence-corrected chi connectivity index (χ0v) is 12.7. The van der Waals surface area contributed by atoms with E-state index in [-0.39, 0.29) is 0 Å². The minimum absolute atomic E-state index is 0.491. The second-order valence-corrected chi connectivity index (χ2v) is 5.29. The van der Waals surface area contributed by atoms with Gasteiger partial charge in [-0.05, 0) is 48.7 Å². The fourth-order valence-corrected chi connectivity index (χ4v) is 2.29. The molecular formula is C15H17BrN2O. The van der Waals surface area contributed by atoms with Crippen LogP contribution in [0.4, 0.5) is 0 Å². The van der Waals surface area contributed by atoms with Gasteiger partial charge in [0.25, 0.3) is 0 Å². The van der Waals surface area contributed by atoms with E-state index in [4.69, 9.17) is 10.5 Å². The normalized spacial score (nSPS) is 10.5. The van der Waals surface area contributed by atoms with Crippen LogP contribution in [0.5, 0.6) is 11.6 Å². The predicted molar refractivity (Wildman–Crippen MR) is 80.5 cm³/mol. The first kappa shape index (κ1) is 14.0. The number of aromatic nitrogens is 1. The van der Waals surface area contributed by atoms with E-state index in [0.717, 1.165) is 33.5 Å². The van der Waals surface area contributed by atoms with Crippen LogP contribution >= 0.6 is 15.9 Å². The van der Waals surface area contributed by atoms with Crippen molar-refractivity contribution >= 4 is 15.9 Å². The van der Waals surface area contributed by atoms with Gasteiger partial charge < -0.3 is 10.5 Å². The Bertz CT molecular complexity index is 562. The van der Waals surface area contributed by atoms with Gasteiger partial charge in [0.2, 0.25) is 5.88 Å². The molecule has 1 aromatic carbocycles. The molecule has 1 aromatic heterocycles. The smallest absolute Gasteiger partial charge is 0.219 e. The van der Waals surface area contributed by atoms with Crippen molar-refractivity contribution in [2.75, 3.05) is 0 Å². The molecule has 0 amide bonds. The number of ether oxygens (including phenoxy) is 1. The van der Waals surface area contributed by atoms with Gasteiger partial charge in [-0.1, -0.05) is 22.9 Å². The molecule has 0 bridgehead atoms. The zero-order valence-electron chi connectivity index (χ0n) is 11.1.